The molecule has 1 saturated heterocycles. The van der Waals surface area contributed by atoms with Crippen molar-refractivity contribution < 1.29 is 9.69 Å². The van der Waals surface area contributed by atoms with E-state index in [1.165, 1.54) is 16.2 Å². The average Bonchev–Trinajstić information content (AvgIpc) is 3.31. The molecule has 2 amide bonds. The molecule has 1 aliphatic heterocycles. The van der Waals surface area contributed by atoms with Crippen molar-refractivity contribution in [1.29, 1.82) is 0 Å². The van der Waals surface area contributed by atoms with Crippen LogP contribution in [-0.4, -0.2) is 42.1 Å². The number of benzene rings is 1. The molecule has 0 spiro atoms. The van der Waals surface area contributed by atoms with Gasteiger partial charge in [-0.3, -0.25) is 0 Å². The van der Waals surface area contributed by atoms with E-state index in [0.29, 0.717) is 0 Å². The number of aromatic nitrogens is 1. The highest BCUT2D eigenvalue weighted by atomic mass is 32.1. The largest absolute Gasteiger partial charge is 0.328 e. The van der Waals surface area contributed by atoms with Gasteiger partial charge in [0.25, 0.3) is 0 Å². The number of rotatable bonds is 4. The maximum atomic E-state index is 12.7. The van der Waals surface area contributed by atoms with Crippen LogP contribution in [0, 0.1) is 6.92 Å². The molecule has 0 radical (unpaired) electrons. The third kappa shape index (κ3) is 3.70. The molecule has 1 aromatic carbocycles. The van der Waals surface area contributed by atoms with Crippen LogP contribution in [0.25, 0.3) is 0 Å². The van der Waals surface area contributed by atoms with Gasteiger partial charge < -0.3 is 15.1 Å². The molecule has 4 rings (SSSR count). The van der Waals surface area contributed by atoms with Gasteiger partial charge in [-0.05, 0) is 25.3 Å². The molecule has 2 heterocycles. The fourth-order valence-electron chi connectivity index (χ4n) is 3.60. The van der Waals surface area contributed by atoms with Crippen molar-refractivity contribution in [3.8, 4) is 0 Å². The number of hydrogen-bond donors (Lipinski definition) is 2. The van der Waals surface area contributed by atoms with Crippen LogP contribution in [0.1, 0.15) is 29.1 Å². The molecule has 25 heavy (non-hydrogen) atoms. The van der Waals surface area contributed by atoms with E-state index in [9.17, 15) is 4.79 Å². The topological polar surface area (TPSA) is 49.7 Å². The van der Waals surface area contributed by atoms with E-state index >= 15 is 0 Å². The van der Waals surface area contributed by atoms with Gasteiger partial charge in [-0.25, -0.2) is 9.78 Å². The molecule has 0 unspecified atom stereocenters. The van der Waals surface area contributed by atoms with Gasteiger partial charge in [-0.2, -0.15) is 0 Å². The minimum absolute atomic E-state index is 0.0879. The number of thiazole rings is 1. The first-order chi connectivity index (χ1) is 12.1. The number of piperazine rings is 1. The van der Waals surface area contributed by atoms with Gasteiger partial charge in [0.2, 0.25) is 0 Å². The fraction of sp³-hybridized carbons (Fsp3) is 0.474. The van der Waals surface area contributed by atoms with E-state index < -0.39 is 0 Å². The predicted molar refractivity (Wildman–Crippen MR) is 98.7 cm³/mol. The van der Waals surface area contributed by atoms with Crippen molar-refractivity contribution in [3.63, 3.8) is 0 Å². The van der Waals surface area contributed by atoms with Crippen molar-refractivity contribution >= 4 is 17.4 Å². The summed E-state index contributed by atoms with van der Waals surface area (Å²) in [6.07, 6.45) is 2.08. The number of carbonyl (C=O) groups excluding carboxylic acids is 1. The molecule has 2 aliphatic rings. The Morgan fingerprint density at radius 3 is 2.60 bits per heavy atom. The third-order valence-corrected chi connectivity index (χ3v) is 6.10. The Labute approximate surface area is 152 Å². The Hall–Kier alpha value is -1.92. The number of aryl methyl sites for hydroxylation is 1. The smallest absolute Gasteiger partial charge is 0.318 e. The summed E-state index contributed by atoms with van der Waals surface area (Å²) in [4.78, 5) is 20.7. The lowest BCUT2D eigenvalue weighted by atomic mass is 10.1. The second kappa shape index (κ2) is 6.77. The SMILES string of the molecule is Cc1nc(C[NH+]2CCN(C(=O)NC3(c4ccccc4)CC3)CC2)cs1. The lowest BCUT2D eigenvalue weighted by molar-refractivity contribution is -0.917. The van der Waals surface area contributed by atoms with Gasteiger partial charge >= 0.3 is 6.03 Å². The van der Waals surface area contributed by atoms with Crippen LogP contribution in [0.3, 0.4) is 0 Å². The van der Waals surface area contributed by atoms with Crippen molar-refractivity contribution in [2.75, 3.05) is 26.2 Å². The molecule has 6 heteroatoms. The first-order valence-electron chi connectivity index (χ1n) is 9.02. The summed E-state index contributed by atoms with van der Waals surface area (Å²) >= 11 is 1.71. The first kappa shape index (κ1) is 16.5. The highest BCUT2D eigenvalue weighted by molar-refractivity contribution is 7.09. The molecule has 1 aromatic heterocycles. The molecule has 1 saturated carbocycles. The standard InChI is InChI=1S/C19H24N4OS/c1-15-20-17(14-25-15)13-22-9-11-23(12-10-22)18(24)21-19(7-8-19)16-5-3-2-4-6-16/h2-6,14H,7-13H2,1H3,(H,21,24)/p+1. The van der Waals surface area contributed by atoms with Crippen LogP contribution in [0.15, 0.2) is 35.7 Å². The lowest BCUT2D eigenvalue weighted by Gasteiger charge is -2.33. The van der Waals surface area contributed by atoms with E-state index in [-0.39, 0.29) is 11.6 Å². The minimum atomic E-state index is -0.125. The maximum absolute atomic E-state index is 12.7. The van der Waals surface area contributed by atoms with Crippen molar-refractivity contribution in [2.45, 2.75) is 31.8 Å². The van der Waals surface area contributed by atoms with Crippen LogP contribution in [0.5, 0.6) is 0 Å². The number of urea groups is 1. The summed E-state index contributed by atoms with van der Waals surface area (Å²) in [6, 6.07) is 10.4. The fourth-order valence-corrected chi connectivity index (χ4v) is 4.21. The molecule has 2 fully saturated rings. The second-order valence-electron chi connectivity index (χ2n) is 7.15. The summed E-state index contributed by atoms with van der Waals surface area (Å²) in [5.74, 6) is 0. The zero-order valence-electron chi connectivity index (χ0n) is 14.6. The van der Waals surface area contributed by atoms with E-state index in [1.54, 1.807) is 11.3 Å². The first-order valence-corrected chi connectivity index (χ1v) is 9.90. The Morgan fingerprint density at radius 1 is 1.28 bits per heavy atom. The average molecular weight is 358 g/mol. The van der Waals surface area contributed by atoms with Gasteiger partial charge in [-0.1, -0.05) is 30.3 Å². The zero-order chi connectivity index (χ0) is 17.3. The van der Waals surface area contributed by atoms with Gasteiger partial charge in [0.05, 0.1) is 36.7 Å². The van der Waals surface area contributed by atoms with Gasteiger partial charge in [0, 0.05) is 5.38 Å². The summed E-state index contributed by atoms with van der Waals surface area (Å²) in [5, 5.41) is 6.57. The molecule has 0 bridgehead atoms. The highest BCUT2D eigenvalue weighted by Crippen LogP contribution is 2.45. The number of hydrogen-bond acceptors (Lipinski definition) is 3. The molecule has 0 atom stereocenters. The van der Waals surface area contributed by atoms with Crippen LogP contribution in [0.4, 0.5) is 4.79 Å². The predicted octanol–water partition coefficient (Wildman–Crippen LogP) is 1.55. The third-order valence-electron chi connectivity index (χ3n) is 5.28. The molecule has 132 valence electrons. The number of carbonyl (C=O) groups is 1. The van der Waals surface area contributed by atoms with E-state index in [1.807, 2.05) is 30.0 Å². The summed E-state index contributed by atoms with van der Waals surface area (Å²) in [5.41, 5.74) is 2.28. The molecular weight excluding hydrogens is 332 g/mol. The number of nitrogens with zero attached hydrogens (tertiary/aromatic N) is 2. The summed E-state index contributed by atoms with van der Waals surface area (Å²) < 4.78 is 0. The molecule has 2 aromatic rings. The maximum Gasteiger partial charge on any atom is 0.318 e. The van der Waals surface area contributed by atoms with Crippen LogP contribution < -0.4 is 10.2 Å². The van der Waals surface area contributed by atoms with Crippen LogP contribution in [0.2, 0.25) is 0 Å². The van der Waals surface area contributed by atoms with Crippen molar-refractivity contribution in [3.05, 3.63) is 52.0 Å². The Balaban J connectivity index is 1.30. The quantitative estimate of drug-likeness (QED) is 0.872. The second-order valence-corrected chi connectivity index (χ2v) is 8.21. The molecule has 1 aliphatic carbocycles. The lowest BCUT2D eigenvalue weighted by Crippen LogP contribution is -3.13. The molecule has 5 nitrogen and oxygen atoms in total. The summed E-state index contributed by atoms with van der Waals surface area (Å²) in [6.45, 7) is 6.62. The van der Waals surface area contributed by atoms with E-state index in [0.717, 1.165) is 50.6 Å². The monoisotopic (exact) mass is 357 g/mol. The van der Waals surface area contributed by atoms with Crippen LogP contribution in [-0.2, 0) is 12.1 Å². The minimum Gasteiger partial charge on any atom is -0.328 e. The zero-order valence-corrected chi connectivity index (χ0v) is 15.4. The van der Waals surface area contributed by atoms with E-state index in [4.69, 9.17) is 0 Å². The van der Waals surface area contributed by atoms with Gasteiger partial charge in [0.15, 0.2) is 0 Å². The summed E-state index contributed by atoms with van der Waals surface area (Å²) in [7, 11) is 0. The van der Waals surface area contributed by atoms with Crippen molar-refractivity contribution in [2.24, 2.45) is 0 Å². The van der Waals surface area contributed by atoms with Crippen LogP contribution >= 0.6 is 11.3 Å². The van der Waals surface area contributed by atoms with Crippen molar-refractivity contribution in [1.82, 2.24) is 15.2 Å². The number of quaternary nitrogens is 1. The highest BCUT2D eigenvalue weighted by Gasteiger charge is 2.46. The van der Waals surface area contributed by atoms with E-state index in [2.05, 4.69) is 27.8 Å². The number of amides is 2. The van der Waals surface area contributed by atoms with Gasteiger partial charge in [-0.15, -0.1) is 11.3 Å². The Morgan fingerprint density at radius 2 is 2.00 bits per heavy atom. The molecular formula is C19H25N4OS+. The Kier molecular flexibility index (Phi) is 4.48. The number of nitrogens with one attached hydrogen (secondary N) is 2. The van der Waals surface area contributed by atoms with Gasteiger partial charge in [0.1, 0.15) is 12.2 Å². The normalized spacial score (nSPS) is 19.6. The molecule has 2 N–H and O–H groups in total. The Bertz CT molecular complexity index is 733.